The minimum atomic E-state index is -0.234. The molecule has 0 saturated carbocycles. The number of anilines is 4. The molecule has 2 aromatic carbocycles. The summed E-state index contributed by atoms with van der Waals surface area (Å²) in [5, 5.41) is 6.25. The summed E-state index contributed by atoms with van der Waals surface area (Å²) < 4.78 is 0. The number of aromatic nitrogens is 1. The van der Waals surface area contributed by atoms with Gasteiger partial charge in [-0.15, -0.1) is 0 Å². The van der Waals surface area contributed by atoms with Crippen molar-refractivity contribution in [1.82, 2.24) is 4.98 Å². The normalized spacial score (nSPS) is 10.5. The Bertz CT molecular complexity index is 968. The van der Waals surface area contributed by atoms with E-state index in [9.17, 15) is 4.79 Å². The van der Waals surface area contributed by atoms with E-state index in [0.29, 0.717) is 17.1 Å². The van der Waals surface area contributed by atoms with Gasteiger partial charge >= 0.3 is 0 Å². The van der Waals surface area contributed by atoms with Gasteiger partial charge in [0.2, 0.25) is 0 Å². The molecule has 1 aromatic heterocycles. The monoisotopic (exact) mass is 374 g/mol. The molecule has 0 atom stereocenters. The first kappa shape index (κ1) is 19.4. The standard InChI is InChI=1S/C23H26N4O/c1-3-4-8-17-9-6-11-19(13-17)26-21-14-22(24)25-15-20(21)23(28)27-18-10-5-7-16(2)12-18/h5-7,9-15H,3-4,8H2,1-2H3,(H,27,28)(H3,24,25,26). The molecule has 0 spiro atoms. The number of nitrogen functional groups attached to an aromatic ring is 1. The minimum Gasteiger partial charge on any atom is -0.384 e. The number of carbonyl (C=O) groups excluding carboxylic acids is 1. The van der Waals surface area contributed by atoms with Crippen molar-refractivity contribution in [2.45, 2.75) is 33.1 Å². The molecule has 144 valence electrons. The van der Waals surface area contributed by atoms with Gasteiger partial charge in [0.15, 0.2) is 0 Å². The van der Waals surface area contributed by atoms with Gasteiger partial charge in [-0.25, -0.2) is 4.98 Å². The highest BCUT2D eigenvalue weighted by Gasteiger charge is 2.14. The summed E-state index contributed by atoms with van der Waals surface area (Å²) in [6, 6.07) is 17.6. The molecule has 3 aromatic rings. The third-order valence-electron chi connectivity index (χ3n) is 4.47. The van der Waals surface area contributed by atoms with Crippen LogP contribution < -0.4 is 16.4 Å². The molecule has 0 radical (unpaired) electrons. The lowest BCUT2D eigenvalue weighted by Gasteiger charge is -2.14. The van der Waals surface area contributed by atoms with Crippen LogP contribution >= 0.6 is 0 Å². The zero-order valence-electron chi connectivity index (χ0n) is 16.3. The van der Waals surface area contributed by atoms with Gasteiger partial charge in [-0.05, 0) is 55.2 Å². The number of nitrogens with zero attached hydrogens (tertiary/aromatic N) is 1. The topological polar surface area (TPSA) is 80.0 Å². The molecule has 0 aliphatic carbocycles. The van der Waals surface area contributed by atoms with Crippen LogP contribution in [0.3, 0.4) is 0 Å². The van der Waals surface area contributed by atoms with E-state index >= 15 is 0 Å². The molecular weight excluding hydrogens is 348 g/mol. The fourth-order valence-electron chi connectivity index (χ4n) is 3.02. The molecular formula is C23H26N4O. The van der Waals surface area contributed by atoms with Crippen LogP contribution in [-0.4, -0.2) is 10.9 Å². The highest BCUT2D eigenvalue weighted by atomic mass is 16.1. The largest absolute Gasteiger partial charge is 0.384 e. The highest BCUT2D eigenvalue weighted by Crippen LogP contribution is 2.24. The number of rotatable bonds is 7. The van der Waals surface area contributed by atoms with Gasteiger partial charge in [0.25, 0.3) is 5.91 Å². The molecule has 0 aliphatic rings. The molecule has 0 aliphatic heterocycles. The number of nitrogens with two attached hydrogens (primary N) is 1. The van der Waals surface area contributed by atoms with Crippen LogP contribution in [0.25, 0.3) is 0 Å². The van der Waals surface area contributed by atoms with Gasteiger partial charge in [-0.3, -0.25) is 4.79 Å². The zero-order valence-corrected chi connectivity index (χ0v) is 16.3. The summed E-state index contributed by atoms with van der Waals surface area (Å²) in [5.74, 6) is 0.125. The second-order valence-corrected chi connectivity index (χ2v) is 6.91. The van der Waals surface area contributed by atoms with Crippen LogP contribution in [0.15, 0.2) is 60.8 Å². The van der Waals surface area contributed by atoms with Crippen LogP contribution in [0.2, 0.25) is 0 Å². The Kier molecular flexibility index (Phi) is 6.27. The molecule has 3 rings (SSSR count). The number of hydrogen-bond acceptors (Lipinski definition) is 4. The molecule has 5 heteroatoms. The van der Waals surface area contributed by atoms with Crippen molar-refractivity contribution < 1.29 is 4.79 Å². The second-order valence-electron chi connectivity index (χ2n) is 6.91. The predicted octanol–water partition coefficient (Wildman–Crippen LogP) is 5.31. The summed E-state index contributed by atoms with van der Waals surface area (Å²) in [6.45, 7) is 4.17. The third-order valence-corrected chi connectivity index (χ3v) is 4.47. The van der Waals surface area contributed by atoms with E-state index < -0.39 is 0 Å². The first-order chi connectivity index (χ1) is 13.5. The number of benzene rings is 2. The number of carbonyl (C=O) groups is 1. The smallest absolute Gasteiger partial charge is 0.259 e. The third kappa shape index (κ3) is 5.10. The van der Waals surface area contributed by atoms with Gasteiger partial charge in [0.05, 0.1) is 11.3 Å². The average Bonchev–Trinajstić information content (AvgIpc) is 2.67. The SMILES string of the molecule is CCCCc1cccc(Nc2cc(N)ncc2C(=O)Nc2cccc(C)c2)c1. The molecule has 5 nitrogen and oxygen atoms in total. The highest BCUT2D eigenvalue weighted by molar-refractivity contribution is 6.08. The van der Waals surface area contributed by atoms with E-state index in [1.807, 2.05) is 43.3 Å². The first-order valence-corrected chi connectivity index (χ1v) is 9.54. The quantitative estimate of drug-likeness (QED) is 0.523. The number of pyridine rings is 1. The molecule has 4 N–H and O–H groups in total. The Morgan fingerprint density at radius 2 is 1.86 bits per heavy atom. The predicted molar refractivity (Wildman–Crippen MR) is 116 cm³/mol. The van der Waals surface area contributed by atoms with Crippen molar-refractivity contribution in [3.8, 4) is 0 Å². The lowest BCUT2D eigenvalue weighted by atomic mass is 10.1. The Balaban J connectivity index is 1.83. The van der Waals surface area contributed by atoms with Gasteiger partial charge < -0.3 is 16.4 Å². The van der Waals surface area contributed by atoms with Gasteiger partial charge in [-0.2, -0.15) is 0 Å². The lowest BCUT2D eigenvalue weighted by Crippen LogP contribution is -2.15. The number of amides is 1. The van der Waals surface area contributed by atoms with Crippen LogP contribution in [-0.2, 0) is 6.42 Å². The van der Waals surface area contributed by atoms with Crippen LogP contribution in [0.5, 0.6) is 0 Å². The van der Waals surface area contributed by atoms with Crippen molar-refractivity contribution in [2.24, 2.45) is 0 Å². The van der Waals surface area contributed by atoms with Crippen molar-refractivity contribution in [1.29, 1.82) is 0 Å². The summed E-state index contributed by atoms with van der Waals surface area (Å²) in [4.78, 5) is 16.9. The molecule has 28 heavy (non-hydrogen) atoms. The number of aryl methyl sites for hydroxylation is 2. The maximum atomic E-state index is 12.8. The number of hydrogen-bond donors (Lipinski definition) is 3. The second kappa shape index (κ2) is 9.04. The van der Waals surface area contributed by atoms with Crippen molar-refractivity contribution in [3.63, 3.8) is 0 Å². The van der Waals surface area contributed by atoms with Gasteiger partial charge in [0.1, 0.15) is 5.82 Å². The number of unbranched alkanes of at least 4 members (excludes halogenated alkanes) is 1. The Morgan fingerprint density at radius 3 is 2.64 bits per heavy atom. The molecule has 1 heterocycles. The van der Waals surface area contributed by atoms with Crippen LogP contribution in [0.1, 0.15) is 41.3 Å². The van der Waals surface area contributed by atoms with Gasteiger partial charge in [-0.1, -0.05) is 37.6 Å². The van der Waals surface area contributed by atoms with E-state index in [1.165, 1.54) is 11.8 Å². The van der Waals surface area contributed by atoms with Crippen LogP contribution in [0, 0.1) is 6.92 Å². The summed E-state index contributed by atoms with van der Waals surface area (Å²) in [7, 11) is 0. The molecule has 0 bridgehead atoms. The summed E-state index contributed by atoms with van der Waals surface area (Å²) in [6.07, 6.45) is 4.84. The maximum absolute atomic E-state index is 12.8. The van der Waals surface area contributed by atoms with Crippen LogP contribution in [0.4, 0.5) is 22.9 Å². The summed E-state index contributed by atoms with van der Waals surface area (Å²) >= 11 is 0. The Morgan fingerprint density at radius 1 is 1.07 bits per heavy atom. The van der Waals surface area contributed by atoms with Crippen molar-refractivity contribution in [3.05, 3.63) is 77.5 Å². The van der Waals surface area contributed by atoms with E-state index in [4.69, 9.17) is 5.73 Å². The van der Waals surface area contributed by atoms with E-state index in [0.717, 1.165) is 36.2 Å². The zero-order chi connectivity index (χ0) is 19.9. The molecule has 1 amide bonds. The first-order valence-electron chi connectivity index (χ1n) is 9.54. The maximum Gasteiger partial charge on any atom is 0.259 e. The fourth-order valence-corrected chi connectivity index (χ4v) is 3.02. The van der Waals surface area contributed by atoms with Crippen molar-refractivity contribution in [2.75, 3.05) is 16.4 Å². The fraction of sp³-hybridized carbons (Fsp3) is 0.217. The average molecular weight is 374 g/mol. The van der Waals surface area contributed by atoms with Crippen molar-refractivity contribution >= 4 is 28.8 Å². The Labute approximate surface area is 166 Å². The summed E-state index contributed by atoms with van der Waals surface area (Å²) in [5.41, 5.74) is 10.9. The Hall–Kier alpha value is -3.34. The van der Waals surface area contributed by atoms with E-state index in [2.05, 4.69) is 34.7 Å². The molecule has 0 saturated heterocycles. The van der Waals surface area contributed by atoms with Gasteiger partial charge in [0, 0.05) is 23.6 Å². The minimum absolute atomic E-state index is 0.234. The molecule has 0 fully saturated rings. The molecule has 0 unspecified atom stereocenters. The lowest BCUT2D eigenvalue weighted by molar-refractivity contribution is 0.102. The van der Waals surface area contributed by atoms with E-state index in [-0.39, 0.29) is 5.91 Å². The van der Waals surface area contributed by atoms with E-state index in [1.54, 1.807) is 6.07 Å². The number of nitrogens with one attached hydrogen (secondary N) is 2.